The molecule has 0 unspecified atom stereocenters. The predicted molar refractivity (Wildman–Crippen MR) is 127 cm³/mol. The molecule has 0 aromatic heterocycles. The monoisotopic (exact) mass is 431 g/mol. The first kappa shape index (κ1) is 22.9. The van der Waals surface area contributed by atoms with E-state index in [0.717, 1.165) is 6.42 Å². The van der Waals surface area contributed by atoms with Gasteiger partial charge in [0.05, 0.1) is 0 Å². The summed E-state index contributed by atoms with van der Waals surface area (Å²) in [5.41, 5.74) is 3.10. The van der Waals surface area contributed by atoms with Crippen LogP contribution in [-0.4, -0.2) is 31.6 Å². The minimum atomic E-state index is -0.263. The smallest absolute Gasteiger partial charge is 0.319 e. The molecule has 3 aromatic rings. The van der Waals surface area contributed by atoms with Gasteiger partial charge in [0.15, 0.2) is 6.61 Å². The molecule has 0 bridgehead atoms. The largest absolute Gasteiger partial charge is 0.484 e. The summed E-state index contributed by atoms with van der Waals surface area (Å²) < 4.78 is 5.42. The van der Waals surface area contributed by atoms with E-state index in [0.29, 0.717) is 24.5 Å². The van der Waals surface area contributed by atoms with Gasteiger partial charge in [-0.3, -0.25) is 4.79 Å². The van der Waals surface area contributed by atoms with E-state index in [1.165, 1.54) is 11.1 Å². The maximum atomic E-state index is 12.3. The fourth-order valence-electron chi connectivity index (χ4n) is 3.43. The molecule has 3 aromatic carbocycles. The van der Waals surface area contributed by atoms with E-state index in [9.17, 15) is 9.59 Å². The molecule has 0 spiro atoms. The number of anilines is 1. The van der Waals surface area contributed by atoms with E-state index in [2.05, 4.69) is 40.2 Å². The van der Waals surface area contributed by atoms with Gasteiger partial charge in [0, 0.05) is 24.7 Å². The van der Waals surface area contributed by atoms with Crippen LogP contribution in [-0.2, 0) is 4.79 Å². The molecule has 0 atom stereocenters. The van der Waals surface area contributed by atoms with E-state index in [4.69, 9.17) is 4.74 Å². The van der Waals surface area contributed by atoms with Gasteiger partial charge in [0.2, 0.25) is 0 Å². The van der Waals surface area contributed by atoms with Crippen LogP contribution in [0.25, 0.3) is 0 Å². The van der Waals surface area contributed by atoms with Gasteiger partial charge in [0.25, 0.3) is 5.91 Å². The summed E-state index contributed by atoms with van der Waals surface area (Å²) in [5, 5.41) is 8.43. The number of ether oxygens (including phenoxy) is 1. The molecule has 32 heavy (non-hydrogen) atoms. The summed E-state index contributed by atoms with van der Waals surface area (Å²) in [6, 6.07) is 27.3. The van der Waals surface area contributed by atoms with Gasteiger partial charge in [-0.2, -0.15) is 0 Å². The number of likely N-dealkylation sites (N-methyl/N-ethyl adjacent to an activating group) is 1. The lowest BCUT2D eigenvalue weighted by molar-refractivity contribution is -0.122. The fourth-order valence-corrected chi connectivity index (χ4v) is 3.43. The minimum absolute atomic E-state index is 0.0366. The lowest BCUT2D eigenvalue weighted by Crippen LogP contribution is -2.30. The van der Waals surface area contributed by atoms with Gasteiger partial charge in [-0.05, 0) is 48.7 Å². The Hall–Kier alpha value is -3.80. The van der Waals surface area contributed by atoms with Gasteiger partial charge < -0.3 is 20.7 Å². The number of benzene rings is 3. The first-order chi connectivity index (χ1) is 15.7. The lowest BCUT2D eigenvalue weighted by Gasteiger charge is -2.18. The molecular weight excluding hydrogens is 402 g/mol. The number of hydrogen-bond acceptors (Lipinski definition) is 3. The van der Waals surface area contributed by atoms with Crippen LogP contribution in [0.5, 0.6) is 5.75 Å². The lowest BCUT2D eigenvalue weighted by atomic mass is 9.88. The summed E-state index contributed by atoms with van der Waals surface area (Å²) in [4.78, 5) is 23.8. The number of amides is 3. The van der Waals surface area contributed by atoms with Crippen molar-refractivity contribution in [1.29, 1.82) is 0 Å². The van der Waals surface area contributed by atoms with Crippen LogP contribution in [0.3, 0.4) is 0 Å². The number of hydrogen-bond donors (Lipinski definition) is 3. The highest BCUT2D eigenvalue weighted by molar-refractivity contribution is 5.89. The molecule has 166 valence electrons. The Morgan fingerprint density at radius 2 is 1.41 bits per heavy atom. The van der Waals surface area contributed by atoms with Crippen LogP contribution in [0.15, 0.2) is 84.9 Å². The van der Waals surface area contributed by atoms with Crippen LogP contribution in [0, 0.1) is 0 Å². The first-order valence-corrected chi connectivity index (χ1v) is 10.8. The molecule has 0 aliphatic rings. The second-order valence-corrected chi connectivity index (χ2v) is 7.31. The minimum Gasteiger partial charge on any atom is -0.484 e. The van der Waals surface area contributed by atoms with Crippen molar-refractivity contribution in [1.82, 2.24) is 10.6 Å². The van der Waals surface area contributed by atoms with Crippen LogP contribution < -0.4 is 20.7 Å². The van der Waals surface area contributed by atoms with Crippen molar-refractivity contribution >= 4 is 17.6 Å². The summed E-state index contributed by atoms with van der Waals surface area (Å²) in [7, 11) is 0. The summed E-state index contributed by atoms with van der Waals surface area (Å²) in [6.07, 6.45) is 0.786. The van der Waals surface area contributed by atoms with E-state index in [1.807, 2.05) is 43.3 Å². The summed E-state index contributed by atoms with van der Waals surface area (Å²) in [6.45, 7) is 2.92. The third-order valence-electron chi connectivity index (χ3n) is 4.98. The average Bonchev–Trinajstić information content (AvgIpc) is 2.83. The Bertz CT molecular complexity index is 937. The number of urea groups is 1. The Kier molecular flexibility index (Phi) is 8.69. The maximum absolute atomic E-state index is 12.3. The van der Waals surface area contributed by atoms with Crippen LogP contribution >= 0.6 is 0 Å². The average molecular weight is 432 g/mol. The normalized spacial score (nSPS) is 10.4. The second kappa shape index (κ2) is 12.2. The molecule has 0 heterocycles. The van der Waals surface area contributed by atoms with Crippen molar-refractivity contribution < 1.29 is 14.3 Å². The van der Waals surface area contributed by atoms with E-state index in [-0.39, 0.29) is 24.5 Å². The number of carbonyl (C=O) groups is 2. The standard InChI is InChI=1S/C26H29N3O3/c1-2-27-25(30)19-32-23-15-13-22(14-16-23)29-26(31)28-18-17-24(20-9-5-3-6-10-20)21-11-7-4-8-12-21/h3-16,24H,2,17-19H2,1H3,(H,27,30)(H2,28,29,31). The first-order valence-electron chi connectivity index (χ1n) is 10.8. The highest BCUT2D eigenvalue weighted by Gasteiger charge is 2.14. The van der Waals surface area contributed by atoms with Crippen LogP contribution in [0.1, 0.15) is 30.4 Å². The van der Waals surface area contributed by atoms with E-state index in [1.54, 1.807) is 24.3 Å². The third kappa shape index (κ3) is 7.16. The van der Waals surface area contributed by atoms with Crippen LogP contribution in [0.2, 0.25) is 0 Å². The molecule has 0 saturated carbocycles. The maximum Gasteiger partial charge on any atom is 0.319 e. The molecule has 3 amide bonds. The van der Waals surface area contributed by atoms with Crippen molar-refractivity contribution in [2.75, 3.05) is 25.0 Å². The second-order valence-electron chi connectivity index (χ2n) is 7.31. The van der Waals surface area contributed by atoms with Gasteiger partial charge in [-0.25, -0.2) is 4.79 Å². The van der Waals surface area contributed by atoms with Crippen molar-refractivity contribution in [2.45, 2.75) is 19.3 Å². The molecule has 6 nitrogen and oxygen atoms in total. The third-order valence-corrected chi connectivity index (χ3v) is 4.98. The molecule has 0 saturated heterocycles. The zero-order chi connectivity index (χ0) is 22.6. The Morgan fingerprint density at radius 1 is 0.812 bits per heavy atom. The molecule has 0 aliphatic heterocycles. The van der Waals surface area contributed by atoms with Crippen molar-refractivity contribution in [3.8, 4) is 5.75 Å². The zero-order valence-corrected chi connectivity index (χ0v) is 18.2. The molecule has 3 rings (SSSR count). The number of carbonyl (C=O) groups excluding carboxylic acids is 2. The predicted octanol–water partition coefficient (Wildman–Crippen LogP) is 4.55. The SMILES string of the molecule is CCNC(=O)COc1ccc(NC(=O)NCCC(c2ccccc2)c2ccccc2)cc1. The fraction of sp³-hybridized carbons (Fsp3) is 0.231. The Morgan fingerprint density at radius 3 is 1.97 bits per heavy atom. The molecule has 0 fully saturated rings. The zero-order valence-electron chi connectivity index (χ0n) is 18.2. The van der Waals surface area contributed by atoms with Gasteiger partial charge in [-0.15, -0.1) is 0 Å². The molecule has 3 N–H and O–H groups in total. The van der Waals surface area contributed by atoms with E-state index < -0.39 is 0 Å². The van der Waals surface area contributed by atoms with E-state index >= 15 is 0 Å². The summed E-state index contributed by atoms with van der Waals surface area (Å²) in [5.74, 6) is 0.605. The highest BCUT2D eigenvalue weighted by Crippen LogP contribution is 2.27. The van der Waals surface area contributed by atoms with Crippen molar-refractivity contribution in [2.24, 2.45) is 0 Å². The van der Waals surface area contributed by atoms with Gasteiger partial charge in [0.1, 0.15) is 5.75 Å². The van der Waals surface area contributed by atoms with Gasteiger partial charge in [-0.1, -0.05) is 60.7 Å². The quantitative estimate of drug-likeness (QED) is 0.441. The van der Waals surface area contributed by atoms with Crippen molar-refractivity contribution in [3.05, 3.63) is 96.1 Å². The highest BCUT2D eigenvalue weighted by atomic mass is 16.5. The molecule has 6 heteroatoms. The van der Waals surface area contributed by atoms with Gasteiger partial charge >= 0.3 is 6.03 Å². The molecule has 0 aliphatic carbocycles. The number of nitrogens with one attached hydrogen (secondary N) is 3. The Labute approximate surface area is 189 Å². The topological polar surface area (TPSA) is 79.5 Å². The molecule has 0 radical (unpaired) electrons. The Balaban J connectivity index is 1.49. The van der Waals surface area contributed by atoms with Crippen LogP contribution in [0.4, 0.5) is 10.5 Å². The number of rotatable bonds is 10. The summed E-state index contributed by atoms with van der Waals surface area (Å²) >= 11 is 0. The van der Waals surface area contributed by atoms with Crippen molar-refractivity contribution in [3.63, 3.8) is 0 Å². The molecular formula is C26H29N3O3.